The maximum Gasteiger partial charge on any atom is 0.250 e. The molecule has 0 bridgehead atoms. The Hall–Kier alpha value is -2.30. The van der Waals surface area contributed by atoms with Crippen molar-refractivity contribution in [3.63, 3.8) is 0 Å². The molecule has 0 saturated carbocycles. The molecule has 5 nitrogen and oxygen atoms in total. The second-order valence-corrected chi connectivity index (χ2v) is 6.37. The smallest absolute Gasteiger partial charge is 0.250 e. The van der Waals surface area contributed by atoms with Gasteiger partial charge in [0.1, 0.15) is 5.76 Å². The van der Waals surface area contributed by atoms with Crippen molar-refractivity contribution in [1.82, 2.24) is 9.47 Å². The fourth-order valence-corrected chi connectivity index (χ4v) is 3.44. The Kier molecular flexibility index (Phi) is 5.18. The fourth-order valence-electron chi connectivity index (χ4n) is 3.44. The van der Waals surface area contributed by atoms with Gasteiger partial charge in [0.15, 0.2) is 0 Å². The van der Waals surface area contributed by atoms with Crippen LogP contribution in [-0.2, 0) is 11.3 Å². The van der Waals surface area contributed by atoms with E-state index in [4.69, 9.17) is 4.42 Å². The standard InChI is InChI=1S/C19H24N2O3/c1-15-7-5-10-18(22)20(15)13-11-19(23)21-12-4-2-3-8-16(21)17-9-6-14-24-17/h5-7,9-10,14,16H,2-4,8,11-13H2,1H3/t16-/m0/s1. The molecule has 1 amide bonds. The number of pyridine rings is 1. The van der Waals surface area contributed by atoms with E-state index in [1.54, 1.807) is 16.9 Å². The molecule has 128 valence electrons. The molecule has 3 rings (SSSR count). The number of hydrogen-bond acceptors (Lipinski definition) is 3. The number of carbonyl (C=O) groups excluding carboxylic acids is 1. The minimum atomic E-state index is -0.0544. The van der Waals surface area contributed by atoms with Gasteiger partial charge in [0.25, 0.3) is 5.56 Å². The van der Waals surface area contributed by atoms with E-state index in [2.05, 4.69) is 0 Å². The summed E-state index contributed by atoms with van der Waals surface area (Å²) in [6, 6.07) is 9.01. The molecule has 1 aliphatic rings. The van der Waals surface area contributed by atoms with Crippen LogP contribution in [0.3, 0.4) is 0 Å². The minimum Gasteiger partial charge on any atom is -0.467 e. The van der Waals surface area contributed by atoms with Crippen LogP contribution in [0.4, 0.5) is 0 Å². The highest BCUT2D eigenvalue weighted by atomic mass is 16.3. The summed E-state index contributed by atoms with van der Waals surface area (Å²) in [5.74, 6) is 0.951. The predicted molar refractivity (Wildman–Crippen MR) is 91.7 cm³/mol. The zero-order valence-corrected chi connectivity index (χ0v) is 14.1. The van der Waals surface area contributed by atoms with E-state index in [1.165, 1.54) is 6.07 Å². The van der Waals surface area contributed by atoms with Gasteiger partial charge in [-0.1, -0.05) is 18.9 Å². The lowest BCUT2D eigenvalue weighted by atomic mass is 10.1. The van der Waals surface area contributed by atoms with Crippen molar-refractivity contribution in [3.8, 4) is 0 Å². The molecule has 1 saturated heterocycles. The molecule has 3 heterocycles. The zero-order chi connectivity index (χ0) is 16.9. The van der Waals surface area contributed by atoms with Gasteiger partial charge in [0.05, 0.1) is 12.3 Å². The Morgan fingerprint density at radius 1 is 1.21 bits per heavy atom. The van der Waals surface area contributed by atoms with Gasteiger partial charge in [0, 0.05) is 31.3 Å². The molecule has 0 spiro atoms. The number of likely N-dealkylation sites (tertiary alicyclic amines) is 1. The highest BCUT2D eigenvalue weighted by Gasteiger charge is 2.28. The van der Waals surface area contributed by atoms with E-state index >= 15 is 0 Å². The molecule has 1 fully saturated rings. The first-order valence-corrected chi connectivity index (χ1v) is 8.66. The largest absolute Gasteiger partial charge is 0.467 e. The summed E-state index contributed by atoms with van der Waals surface area (Å²) < 4.78 is 7.23. The second kappa shape index (κ2) is 7.51. The van der Waals surface area contributed by atoms with Gasteiger partial charge in [-0.3, -0.25) is 9.59 Å². The topological polar surface area (TPSA) is 55.5 Å². The summed E-state index contributed by atoms with van der Waals surface area (Å²) in [5.41, 5.74) is 0.829. The van der Waals surface area contributed by atoms with E-state index < -0.39 is 0 Å². The minimum absolute atomic E-state index is 0.0172. The maximum atomic E-state index is 12.8. The molecule has 0 aromatic carbocycles. The molecule has 0 radical (unpaired) electrons. The van der Waals surface area contributed by atoms with E-state index in [0.29, 0.717) is 13.0 Å². The number of furan rings is 1. The van der Waals surface area contributed by atoms with Crippen molar-refractivity contribution < 1.29 is 9.21 Å². The van der Waals surface area contributed by atoms with Crippen LogP contribution in [0.1, 0.15) is 49.6 Å². The average Bonchev–Trinajstić information content (AvgIpc) is 2.98. The van der Waals surface area contributed by atoms with Crippen molar-refractivity contribution in [2.45, 2.75) is 51.6 Å². The van der Waals surface area contributed by atoms with Crippen LogP contribution in [0.15, 0.2) is 45.8 Å². The van der Waals surface area contributed by atoms with Crippen LogP contribution in [0, 0.1) is 6.92 Å². The monoisotopic (exact) mass is 328 g/mol. The van der Waals surface area contributed by atoms with Crippen LogP contribution in [0.5, 0.6) is 0 Å². The van der Waals surface area contributed by atoms with Crippen LogP contribution in [-0.4, -0.2) is 21.9 Å². The Morgan fingerprint density at radius 2 is 2.08 bits per heavy atom. The predicted octanol–water partition coefficient (Wildman–Crippen LogP) is 3.28. The van der Waals surface area contributed by atoms with Crippen LogP contribution in [0.2, 0.25) is 0 Å². The number of rotatable bonds is 4. The van der Waals surface area contributed by atoms with Crippen molar-refractivity contribution in [2.75, 3.05) is 6.54 Å². The van der Waals surface area contributed by atoms with Crippen LogP contribution in [0.25, 0.3) is 0 Å². The van der Waals surface area contributed by atoms with Crippen molar-refractivity contribution in [2.24, 2.45) is 0 Å². The van der Waals surface area contributed by atoms with E-state index in [0.717, 1.165) is 43.7 Å². The molecule has 0 aliphatic carbocycles. The molecule has 2 aromatic heterocycles. The third kappa shape index (κ3) is 3.61. The zero-order valence-electron chi connectivity index (χ0n) is 14.1. The van der Waals surface area contributed by atoms with E-state index in [9.17, 15) is 9.59 Å². The van der Waals surface area contributed by atoms with Gasteiger partial charge in [-0.05, 0) is 38.0 Å². The van der Waals surface area contributed by atoms with Crippen molar-refractivity contribution in [1.29, 1.82) is 0 Å². The highest BCUT2D eigenvalue weighted by Crippen LogP contribution is 2.30. The Morgan fingerprint density at radius 3 is 2.83 bits per heavy atom. The molecule has 1 aliphatic heterocycles. The van der Waals surface area contributed by atoms with Crippen LogP contribution >= 0.6 is 0 Å². The lowest BCUT2D eigenvalue weighted by Crippen LogP contribution is -2.36. The Balaban J connectivity index is 1.73. The lowest BCUT2D eigenvalue weighted by Gasteiger charge is -2.29. The number of aryl methyl sites for hydroxylation is 1. The van der Waals surface area contributed by atoms with Gasteiger partial charge >= 0.3 is 0 Å². The first-order chi connectivity index (χ1) is 11.7. The molecule has 1 atom stereocenters. The molecule has 0 N–H and O–H groups in total. The second-order valence-electron chi connectivity index (χ2n) is 6.37. The fraction of sp³-hybridized carbons (Fsp3) is 0.474. The molecular weight excluding hydrogens is 304 g/mol. The SMILES string of the molecule is Cc1cccc(=O)n1CCC(=O)N1CCCCC[C@H]1c1ccco1. The quantitative estimate of drug-likeness (QED) is 0.865. The lowest BCUT2D eigenvalue weighted by molar-refractivity contribution is -0.134. The molecule has 5 heteroatoms. The number of amides is 1. The summed E-state index contributed by atoms with van der Waals surface area (Å²) in [5, 5.41) is 0. The first kappa shape index (κ1) is 16.6. The Bertz CT molecular complexity index is 733. The highest BCUT2D eigenvalue weighted by molar-refractivity contribution is 5.76. The number of aromatic nitrogens is 1. The van der Waals surface area contributed by atoms with Gasteiger partial charge < -0.3 is 13.9 Å². The van der Waals surface area contributed by atoms with Crippen molar-refractivity contribution >= 4 is 5.91 Å². The molecule has 2 aromatic rings. The third-order valence-electron chi connectivity index (χ3n) is 4.76. The summed E-state index contributed by atoms with van der Waals surface area (Å²) in [4.78, 5) is 26.7. The van der Waals surface area contributed by atoms with E-state index in [-0.39, 0.29) is 17.5 Å². The molecule has 0 unspecified atom stereocenters. The number of carbonyl (C=O) groups is 1. The third-order valence-corrected chi connectivity index (χ3v) is 4.76. The van der Waals surface area contributed by atoms with Gasteiger partial charge in [-0.2, -0.15) is 0 Å². The number of nitrogens with zero attached hydrogens (tertiary/aromatic N) is 2. The van der Waals surface area contributed by atoms with Gasteiger partial charge in [-0.15, -0.1) is 0 Å². The molecule has 24 heavy (non-hydrogen) atoms. The first-order valence-electron chi connectivity index (χ1n) is 8.66. The molecular formula is C19H24N2O3. The summed E-state index contributed by atoms with van der Waals surface area (Å²) in [6.45, 7) is 3.07. The van der Waals surface area contributed by atoms with E-state index in [1.807, 2.05) is 30.0 Å². The summed E-state index contributed by atoms with van der Waals surface area (Å²) in [7, 11) is 0. The Labute approximate surface area is 141 Å². The maximum absolute atomic E-state index is 12.8. The van der Waals surface area contributed by atoms with Crippen molar-refractivity contribution in [3.05, 3.63) is 58.4 Å². The van der Waals surface area contributed by atoms with Gasteiger partial charge in [-0.25, -0.2) is 0 Å². The summed E-state index contributed by atoms with van der Waals surface area (Å²) in [6.07, 6.45) is 6.19. The normalized spacial score (nSPS) is 18.4. The average molecular weight is 328 g/mol. The number of hydrogen-bond donors (Lipinski definition) is 0. The summed E-state index contributed by atoms with van der Waals surface area (Å²) >= 11 is 0. The van der Waals surface area contributed by atoms with Crippen LogP contribution < -0.4 is 5.56 Å². The van der Waals surface area contributed by atoms with Gasteiger partial charge in [0.2, 0.25) is 5.91 Å².